The summed E-state index contributed by atoms with van der Waals surface area (Å²) >= 11 is 0. The van der Waals surface area contributed by atoms with Crippen LogP contribution in [0.4, 0.5) is 11.4 Å². The average Bonchev–Trinajstić information content (AvgIpc) is 3.31. The van der Waals surface area contributed by atoms with Crippen LogP contribution in [0.25, 0.3) is 0 Å². The smallest absolute Gasteiger partial charge is 0.274 e. The van der Waals surface area contributed by atoms with Gasteiger partial charge in [-0.05, 0) is 60.5 Å². The monoisotopic (exact) mass is 613 g/mol. The largest absolute Gasteiger partial charge is 0.492 e. The normalized spacial score (nSPS) is 12.2. The zero-order chi connectivity index (χ0) is 32.0. The predicted molar refractivity (Wildman–Crippen MR) is 174 cm³/mol. The van der Waals surface area contributed by atoms with E-state index in [4.69, 9.17) is 9.47 Å². The molecule has 0 spiro atoms. The van der Waals surface area contributed by atoms with Gasteiger partial charge in [-0.3, -0.25) is 24.6 Å². The van der Waals surface area contributed by atoms with E-state index in [2.05, 4.69) is 4.90 Å². The lowest BCUT2D eigenvalue weighted by Gasteiger charge is -2.27. The average molecular weight is 614 g/mol. The maximum absolute atomic E-state index is 12.6. The lowest BCUT2D eigenvalue weighted by Crippen LogP contribution is -2.33. The Morgan fingerprint density at radius 3 is 1.98 bits per heavy atom. The summed E-state index contributed by atoms with van der Waals surface area (Å²) in [6, 6.07) is 36.8. The standard InChI is InChI=1S/C37H31N3O6/c1-26-34(15-8-16-35(26)40(43)44)38(24-27-9-3-2-4-10-27)25-28-17-19-29(20-18-28)46-31-12-7-11-30(23-31)45-22-21-39-36(41)32-13-5-6-14-33(32)37(39)42/h2-20,23H,21-22,24-25H2,1H3. The SMILES string of the molecule is Cc1c(N(Cc2ccccc2)Cc2ccc(Oc3cccc(OCCN4C(=O)c5ccccc5C4=O)c3)cc2)cccc1[N+](=O)[O-]. The van der Waals surface area contributed by atoms with Gasteiger partial charge < -0.3 is 14.4 Å². The molecule has 1 heterocycles. The first kappa shape index (κ1) is 30.1. The molecular weight excluding hydrogens is 582 g/mol. The third kappa shape index (κ3) is 6.58. The van der Waals surface area contributed by atoms with Crippen molar-refractivity contribution in [2.45, 2.75) is 20.0 Å². The number of amides is 2. The second-order valence-electron chi connectivity index (χ2n) is 10.9. The number of hydrogen-bond acceptors (Lipinski definition) is 7. The number of benzene rings is 5. The fraction of sp³-hybridized carbons (Fsp3) is 0.135. The second-order valence-corrected chi connectivity index (χ2v) is 10.9. The molecule has 0 aliphatic carbocycles. The summed E-state index contributed by atoms with van der Waals surface area (Å²) < 4.78 is 11.9. The number of carbonyl (C=O) groups is 2. The maximum atomic E-state index is 12.6. The Morgan fingerprint density at radius 1 is 0.696 bits per heavy atom. The Kier molecular flexibility index (Phi) is 8.73. The molecule has 0 saturated heterocycles. The molecule has 0 fully saturated rings. The molecule has 5 aromatic rings. The topological polar surface area (TPSA) is 102 Å². The molecule has 6 rings (SSSR count). The number of carbonyl (C=O) groups excluding carboxylic acids is 2. The summed E-state index contributed by atoms with van der Waals surface area (Å²) in [6.45, 7) is 3.18. The van der Waals surface area contributed by atoms with E-state index in [1.807, 2.05) is 72.8 Å². The third-order valence-electron chi connectivity index (χ3n) is 7.83. The van der Waals surface area contributed by atoms with Crippen LogP contribution < -0.4 is 14.4 Å². The Balaban J connectivity index is 1.10. The molecule has 5 aromatic carbocycles. The molecule has 0 saturated carbocycles. The fourth-order valence-electron chi connectivity index (χ4n) is 5.53. The van der Waals surface area contributed by atoms with Gasteiger partial charge in [0.2, 0.25) is 0 Å². The van der Waals surface area contributed by atoms with Crippen LogP contribution in [0.5, 0.6) is 17.2 Å². The number of hydrogen-bond donors (Lipinski definition) is 0. The van der Waals surface area contributed by atoms with Crippen LogP contribution in [0, 0.1) is 17.0 Å². The molecule has 0 atom stereocenters. The Hall–Kier alpha value is -5.96. The minimum atomic E-state index is -0.347. The first-order valence-electron chi connectivity index (χ1n) is 14.8. The molecule has 1 aliphatic heterocycles. The van der Waals surface area contributed by atoms with Crippen molar-refractivity contribution in [1.82, 2.24) is 4.90 Å². The highest BCUT2D eigenvalue weighted by molar-refractivity contribution is 6.21. The first-order valence-corrected chi connectivity index (χ1v) is 14.8. The number of anilines is 1. The van der Waals surface area contributed by atoms with Crippen molar-refractivity contribution in [3.8, 4) is 17.2 Å². The van der Waals surface area contributed by atoms with E-state index in [1.54, 1.807) is 49.4 Å². The molecule has 0 unspecified atom stereocenters. The van der Waals surface area contributed by atoms with Gasteiger partial charge in [0.15, 0.2) is 0 Å². The molecule has 0 radical (unpaired) electrons. The van der Waals surface area contributed by atoms with Crippen molar-refractivity contribution in [3.05, 3.63) is 159 Å². The number of nitro benzene ring substituents is 1. The van der Waals surface area contributed by atoms with Gasteiger partial charge in [0.1, 0.15) is 23.9 Å². The van der Waals surface area contributed by atoms with Gasteiger partial charge in [-0.2, -0.15) is 0 Å². The van der Waals surface area contributed by atoms with Crippen LogP contribution in [0.15, 0.2) is 121 Å². The highest BCUT2D eigenvalue weighted by Gasteiger charge is 2.34. The first-order chi connectivity index (χ1) is 22.4. The summed E-state index contributed by atoms with van der Waals surface area (Å²) in [5.41, 5.74) is 4.45. The van der Waals surface area contributed by atoms with Crippen LogP contribution in [0.3, 0.4) is 0 Å². The van der Waals surface area contributed by atoms with E-state index in [-0.39, 0.29) is 35.6 Å². The van der Waals surface area contributed by atoms with Gasteiger partial charge in [-0.25, -0.2) is 0 Å². The molecule has 9 heteroatoms. The zero-order valence-corrected chi connectivity index (χ0v) is 25.2. The van der Waals surface area contributed by atoms with E-state index >= 15 is 0 Å². The molecule has 0 aromatic heterocycles. The van der Waals surface area contributed by atoms with Crippen LogP contribution in [-0.4, -0.2) is 34.8 Å². The molecular formula is C37H31N3O6. The molecule has 1 aliphatic rings. The van der Waals surface area contributed by atoms with Crippen molar-refractivity contribution in [3.63, 3.8) is 0 Å². The van der Waals surface area contributed by atoms with E-state index in [9.17, 15) is 19.7 Å². The van der Waals surface area contributed by atoms with Gasteiger partial charge in [-0.1, -0.05) is 66.7 Å². The highest BCUT2D eigenvalue weighted by Crippen LogP contribution is 2.32. The molecule has 2 amide bonds. The molecule has 9 nitrogen and oxygen atoms in total. The number of imide groups is 1. The zero-order valence-electron chi connectivity index (χ0n) is 25.2. The molecule has 0 bridgehead atoms. The molecule has 46 heavy (non-hydrogen) atoms. The molecule has 230 valence electrons. The highest BCUT2D eigenvalue weighted by atomic mass is 16.6. The number of fused-ring (bicyclic) bond motifs is 1. The van der Waals surface area contributed by atoms with Crippen molar-refractivity contribution >= 4 is 23.2 Å². The Bertz CT molecular complexity index is 1860. The Labute approximate surface area is 266 Å². The van der Waals surface area contributed by atoms with E-state index in [1.165, 1.54) is 11.0 Å². The predicted octanol–water partition coefficient (Wildman–Crippen LogP) is 7.58. The van der Waals surface area contributed by atoms with Gasteiger partial charge >= 0.3 is 0 Å². The maximum Gasteiger partial charge on any atom is 0.274 e. The number of ether oxygens (including phenoxy) is 2. The quantitative estimate of drug-likeness (QED) is 0.0812. The van der Waals surface area contributed by atoms with Crippen molar-refractivity contribution in [2.24, 2.45) is 0 Å². The van der Waals surface area contributed by atoms with Gasteiger partial charge in [0, 0.05) is 30.9 Å². The fourth-order valence-corrected chi connectivity index (χ4v) is 5.53. The summed E-state index contributed by atoms with van der Waals surface area (Å²) in [7, 11) is 0. The Morgan fingerprint density at radius 2 is 1.30 bits per heavy atom. The van der Waals surface area contributed by atoms with E-state index < -0.39 is 0 Å². The van der Waals surface area contributed by atoms with E-state index in [0.29, 0.717) is 47.0 Å². The van der Waals surface area contributed by atoms with Crippen LogP contribution in [-0.2, 0) is 13.1 Å². The van der Waals surface area contributed by atoms with Gasteiger partial charge in [0.25, 0.3) is 17.5 Å². The summed E-state index contributed by atoms with van der Waals surface area (Å²) in [4.78, 5) is 39.8. The molecule has 0 N–H and O–H groups in total. The van der Waals surface area contributed by atoms with Crippen molar-refractivity contribution in [1.29, 1.82) is 0 Å². The van der Waals surface area contributed by atoms with Gasteiger partial charge in [0.05, 0.1) is 28.2 Å². The minimum Gasteiger partial charge on any atom is -0.492 e. The van der Waals surface area contributed by atoms with Gasteiger partial charge in [-0.15, -0.1) is 0 Å². The second kappa shape index (κ2) is 13.4. The minimum absolute atomic E-state index is 0.0918. The van der Waals surface area contributed by atoms with E-state index in [0.717, 1.165) is 16.8 Å². The van der Waals surface area contributed by atoms with Crippen LogP contribution in [0.1, 0.15) is 37.4 Å². The lowest BCUT2D eigenvalue weighted by atomic mass is 10.1. The van der Waals surface area contributed by atoms with Crippen LogP contribution >= 0.6 is 0 Å². The summed E-state index contributed by atoms with van der Waals surface area (Å²) in [5.74, 6) is 1.13. The van der Waals surface area contributed by atoms with Crippen LogP contribution in [0.2, 0.25) is 0 Å². The number of rotatable bonds is 12. The van der Waals surface area contributed by atoms with Crippen molar-refractivity contribution in [2.75, 3.05) is 18.1 Å². The summed E-state index contributed by atoms with van der Waals surface area (Å²) in [5, 5.41) is 11.6. The summed E-state index contributed by atoms with van der Waals surface area (Å²) in [6.07, 6.45) is 0. The third-order valence-corrected chi connectivity index (χ3v) is 7.83. The van der Waals surface area contributed by atoms with Crippen molar-refractivity contribution < 1.29 is 24.0 Å². The lowest BCUT2D eigenvalue weighted by molar-refractivity contribution is -0.385. The number of nitro groups is 1. The number of nitrogens with zero attached hydrogens (tertiary/aromatic N) is 3.